The number of nitrogens with two attached hydrogens (primary N) is 1. The largest absolute Gasteiger partial charge is 0.393 e. The number of aliphatic hydroxyl groups excluding tert-OH is 1. The van der Waals surface area contributed by atoms with Crippen LogP contribution in [0.4, 0.5) is 16.5 Å². The summed E-state index contributed by atoms with van der Waals surface area (Å²) in [5.41, 5.74) is 7.86. The SMILES string of the molecule is NCCN1CCN(c2nc(C(=O)Nc3ccccc3N3CCC(O)CC3)cs2)CC1. The Morgan fingerprint density at radius 1 is 1.13 bits per heavy atom. The summed E-state index contributed by atoms with van der Waals surface area (Å²) in [7, 11) is 0. The number of aliphatic hydroxyl groups is 1. The van der Waals surface area contributed by atoms with Crippen molar-refractivity contribution in [1.29, 1.82) is 0 Å². The van der Waals surface area contributed by atoms with Crippen molar-refractivity contribution in [2.24, 2.45) is 5.73 Å². The molecular formula is C21H30N6O2S. The molecule has 0 saturated carbocycles. The minimum absolute atomic E-state index is 0.191. The van der Waals surface area contributed by atoms with Gasteiger partial charge in [-0.15, -0.1) is 11.3 Å². The molecule has 1 amide bonds. The highest BCUT2D eigenvalue weighted by Gasteiger charge is 2.22. The molecule has 4 N–H and O–H groups in total. The molecule has 0 radical (unpaired) electrons. The van der Waals surface area contributed by atoms with Crippen LogP contribution in [0.5, 0.6) is 0 Å². The molecule has 0 unspecified atom stereocenters. The second-order valence-corrected chi connectivity index (χ2v) is 8.66. The Hall–Kier alpha value is -2.20. The third-order valence-electron chi connectivity index (χ3n) is 5.77. The average molecular weight is 431 g/mol. The Kier molecular flexibility index (Phi) is 6.83. The predicted molar refractivity (Wildman–Crippen MR) is 122 cm³/mol. The van der Waals surface area contributed by atoms with Gasteiger partial charge in [0.15, 0.2) is 5.13 Å². The van der Waals surface area contributed by atoms with E-state index in [1.165, 1.54) is 11.3 Å². The lowest BCUT2D eigenvalue weighted by Crippen LogP contribution is -2.47. The molecule has 9 heteroatoms. The highest BCUT2D eigenvalue weighted by molar-refractivity contribution is 7.14. The normalized spacial score (nSPS) is 18.6. The summed E-state index contributed by atoms with van der Waals surface area (Å²) in [5, 5.41) is 15.5. The number of aromatic nitrogens is 1. The number of amides is 1. The highest BCUT2D eigenvalue weighted by atomic mass is 32.1. The van der Waals surface area contributed by atoms with Gasteiger partial charge in [-0.05, 0) is 25.0 Å². The van der Waals surface area contributed by atoms with Crippen LogP contribution in [0.25, 0.3) is 0 Å². The van der Waals surface area contributed by atoms with Crippen molar-refractivity contribution in [3.63, 3.8) is 0 Å². The summed E-state index contributed by atoms with van der Waals surface area (Å²) in [6.45, 7) is 6.91. The van der Waals surface area contributed by atoms with Gasteiger partial charge in [-0.25, -0.2) is 4.98 Å². The fourth-order valence-electron chi connectivity index (χ4n) is 4.01. The molecule has 3 heterocycles. The van der Waals surface area contributed by atoms with E-state index in [1.807, 2.05) is 29.6 Å². The average Bonchev–Trinajstić information content (AvgIpc) is 3.26. The van der Waals surface area contributed by atoms with Gasteiger partial charge in [-0.3, -0.25) is 9.69 Å². The zero-order valence-electron chi connectivity index (χ0n) is 17.2. The monoisotopic (exact) mass is 430 g/mol. The number of hydrogen-bond donors (Lipinski definition) is 3. The van der Waals surface area contributed by atoms with Crippen LogP contribution in [-0.2, 0) is 0 Å². The topological polar surface area (TPSA) is 98.0 Å². The number of thiazole rings is 1. The van der Waals surface area contributed by atoms with E-state index in [2.05, 4.69) is 25.0 Å². The van der Waals surface area contributed by atoms with E-state index in [9.17, 15) is 9.90 Å². The first-order valence-corrected chi connectivity index (χ1v) is 11.5. The summed E-state index contributed by atoms with van der Waals surface area (Å²) in [5.74, 6) is -0.191. The van der Waals surface area contributed by atoms with Crippen LogP contribution in [0.15, 0.2) is 29.6 Å². The Bertz CT molecular complexity index is 844. The Balaban J connectivity index is 1.40. The van der Waals surface area contributed by atoms with E-state index in [1.54, 1.807) is 0 Å². The van der Waals surface area contributed by atoms with Gasteiger partial charge in [0.1, 0.15) is 5.69 Å². The first-order valence-electron chi connectivity index (χ1n) is 10.6. The molecule has 0 spiro atoms. The lowest BCUT2D eigenvalue weighted by Gasteiger charge is -2.34. The molecule has 8 nitrogen and oxygen atoms in total. The second-order valence-electron chi connectivity index (χ2n) is 7.82. The number of carbonyl (C=O) groups is 1. The molecule has 2 saturated heterocycles. The fraction of sp³-hybridized carbons (Fsp3) is 0.524. The molecule has 0 bridgehead atoms. The summed E-state index contributed by atoms with van der Waals surface area (Å²) in [4.78, 5) is 24.3. The number of piperazine rings is 1. The molecule has 2 aromatic rings. The Morgan fingerprint density at radius 2 is 1.87 bits per heavy atom. The van der Waals surface area contributed by atoms with Crippen molar-refractivity contribution >= 4 is 33.8 Å². The maximum Gasteiger partial charge on any atom is 0.275 e. The van der Waals surface area contributed by atoms with Gasteiger partial charge in [-0.1, -0.05) is 12.1 Å². The molecule has 0 aliphatic carbocycles. The van der Waals surface area contributed by atoms with Crippen molar-refractivity contribution in [3.8, 4) is 0 Å². The molecule has 2 aliphatic rings. The van der Waals surface area contributed by atoms with Crippen molar-refractivity contribution in [1.82, 2.24) is 9.88 Å². The first-order chi connectivity index (χ1) is 14.6. The molecule has 1 aromatic heterocycles. The summed E-state index contributed by atoms with van der Waals surface area (Å²) in [6.07, 6.45) is 1.26. The van der Waals surface area contributed by atoms with Crippen LogP contribution in [0, 0.1) is 0 Å². The second kappa shape index (κ2) is 9.74. The molecule has 30 heavy (non-hydrogen) atoms. The maximum atomic E-state index is 12.9. The third kappa shape index (κ3) is 4.92. The van der Waals surface area contributed by atoms with Crippen LogP contribution in [0.3, 0.4) is 0 Å². The molecule has 2 fully saturated rings. The Morgan fingerprint density at radius 3 is 2.60 bits per heavy atom. The number of nitrogens with one attached hydrogen (secondary N) is 1. The molecule has 1 aromatic carbocycles. The smallest absolute Gasteiger partial charge is 0.275 e. The zero-order chi connectivity index (χ0) is 20.9. The lowest BCUT2D eigenvalue weighted by molar-refractivity contribution is 0.102. The molecular weight excluding hydrogens is 400 g/mol. The van der Waals surface area contributed by atoms with Gasteiger partial charge < -0.3 is 26.0 Å². The third-order valence-corrected chi connectivity index (χ3v) is 6.67. The summed E-state index contributed by atoms with van der Waals surface area (Å²) < 4.78 is 0. The number of benzene rings is 1. The maximum absolute atomic E-state index is 12.9. The molecule has 0 atom stereocenters. The van der Waals surface area contributed by atoms with E-state index in [4.69, 9.17) is 5.73 Å². The number of para-hydroxylation sites is 2. The quantitative estimate of drug-likeness (QED) is 0.638. The minimum atomic E-state index is -0.228. The van der Waals surface area contributed by atoms with E-state index < -0.39 is 0 Å². The van der Waals surface area contributed by atoms with E-state index in [0.717, 1.165) is 75.2 Å². The van der Waals surface area contributed by atoms with Crippen LogP contribution in [-0.4, -0.2) is 79.4 Å². The van der Waals surface area contributed by atoms with Gasteiger partial charge in [-0.2, -0.15) is 0 Å². The van der Waals surface area contributed by atoms with Crippen LogP contribution in [0.1, 0.15) is 23.3 Å². The molecule has 162 valence electrons. The van der Waals surface area contributed by atoms with E-state index in [0.29, 0.717) is 12.2 Å². The highest BCUT2D eigenvalue weighted by Crippen LogP contribution is 2.29. The van der Waals surface area contributed by atoms with Crippen molar-refractivity contribution in [2.75, 3.05) is 67.5 Å². The molecule has 2 aliphatic heterocycles. The van der Waals surface area contributed by atoms with Gasteiger partial charge in [0, 0.05) is 57.7 Å². The first kappa shape index (κ1) is 21.0. The van der Waals surface area contributed by atoms with Gasteiger partial charge in [0.05, 0.1) is 17.5 Å². The Labute approximate surface area is 181 Å². The lowest BCUT2D eigenvalue weighted by atomic mass is 10.1. The van der Waals surface area contributed by atoms with Crippen LogP contribution in [0.2, 0.25) is 0 Å². The number of anilines is 3. The van der Waals surface area contributed by atoms with Crippen LogP contribution < -0.4 is 20.9 Å². The predicted octanol–water partition coefficient (Wildman–Crippen LogP) is 1.44. The van der Waals surface area contributed by atoms with E-state index >= 15 is 0 Å². The van der Waals surface area contributed by atoms with E-state index in [-0.39, 0.29) is 12.0 Å². The van der Waals surface area contributed by atoms with Crippen LogP contribution >= 0.6 is 11.3 Å². The number of rotatable bonds is 6. The number of hydrogen-bond acceptors (Lipinski definition) is 8. The number of nitrogens with zero attached hydrogens (tertiary/aromatic N) is 4. The van der Waals surface area contributed by atoms with Crippen molar-refractivity contribution in [2.45, 2.75) is 18.9 Å². The molecule has 4 rings (SSSR count). The van der Waals surface area contributed by atoms with Gasteiger partial charge in [0.25, 0.3) is 5.91 Å². The summed E-state index contributed by atoms with van der Waals surface area (Å²) in [6, 6.07) is 7.83. The van der Waals surface area contributed by atoms with Gasteiger partial charge >= 0.3 is 0 Å². The van der Waals surface area contributed by atoms with Crippen molar-refractivity contribution < 1.29 is 9.90 Å². The minimum Gasteiger partial charge on any atom is -0.393 e. The van der Waals surface area contributed by atoms with Crippen molar-refractivity contribution in [3.05, 3.63) is 35.3 Å². The van der Waals surface area contributed by atoms with Gasteiger partial charge in [0.2, 0.25) is 0 Å². The standard InChI is InChI=1S/C21H30N6O2S/c22-7-10-25-11-13-27(14-12-25)21-24-18(15-30-21)20(29)23-17-3-1-2-4-19(17)26-8-5-16(28)6-9-26/h1-4,15-16,28H,5-14,22H2,(H,23,29). The summed E-state index contributed by atoms with van der Waals surface area (Å²) >= 11 is 1.51. The number of carbonyl (C=O) groups excluding carboxylic acids is 1. The fourth-order valence-corrected chi connectivity index (χ4v) is 4.87. The number of piperidine rings is 1. The zero-order valence-corrected chi connectivity index (χ0v) is 18.0.